The van der Waals surface area contributed by atoms with Crippen LogP contribution in [0.1, 0.15) is 5.56 Å². The Morgan fingerprint density at radius 2 is 1.78 bits per heavy atom. The Kier molecular flexibility index (Phi) is 7.40. The summed E-state index contributed by atoms with van der Waals surface area (Å²) in [6, 6.07) is 16.3. The van der Waals surface area contributed by atoms with E-state index in [-0.39, 0.29) is 10.8 Å². The molecule has 11 heteroatoms. The fourth-order valence-corrected chi connectivity index (χ4v) is 6.75. The minimum atomic E-state index is -3.61. The van der Waals surface area contributed by atoms with Crippen LogP contribution < -0.4 is 0 Å². The number of morpholine rings is 1. The van der Waals surface area contributed by atoms with Gasteiger partial charge >= 0.3 is 0 Å². The average Bonchev–Trinajstić information content (AvgIpc) is 3.46. The summed E-state index contributed by atoms with van der Waals surface area (Å²) in [6.07, 6.45) is 5.27. The molecule has 2 aliphatic rings. The third-order valence-corrected chi connectivity index (χ3v) is 9.26. The Bertz CT molecular complexity index is 1480. The summed E-state index contributed by atoms with van der Waals surface area (Å²) in [5.74, 6) is -0.180. The van der Waals surface area contributed by atoms with Crippen LogP contribution in [0.2, 0.25) is 0 Å². The van der Waals surface area contributed by atoms with Crippen molar-refractivity contribution in [2.24, 2.45) is 0 Å². The standard InChI is InChI=1S/C26H24N4O4S3/c1-2-12-29-25(31)23(36-26(29)35)17-20-18-30(21-6-4-3-5-7-21)27-24(20)19-8-10-22(11-9-19)37(32,33)28-13-15-34-16-14-28/h2-11,17-18H,1,12-16H2/b23-17+. The second-order valence-electron chi connectivity index (χ2n) is 8.33. The number of thiocarbonyl (C=S) groups is 1. The molecule has 1 amide bonds. The van der Waals surface area contributed by atoms with Gasteiger partial charge in [-0.05, 0) is 30.3 Å². The summed E-state index contributed by atoms with van der Waals surface area (Å²) in [5.41, 5.74) is 2.91. The third kappa shape index (κ3) is 5.18. The van der Waals surface area contributed by atoms with Crippen LogP contribution >= 0.6 is 24.0 Å². The number of hydrogen-bond donors (Lipinski definition) is 0. The first-order valence-corrected chi connectivity index (χ1v) is 14.2. The molecule has 0 aliphatic carbocycles. The van der Waals surface area contributed by atoms with Crippen LogP contribution in [0.25, 0.3) is 23.0 Å². The maximum Gasteiger partial charge on any atom is 0.266 e. The fourth-order valence-electron chi connectivity index (χ4n) is 4.08. The molecule has 3 aromatic rings. The first-order valence-electron chi connectivity index (χ1n) is 11.6. The van der Waals surface area contributed by atoms with E-state index < -0.39 is 10.0 Å². The summed E-state index contributed by atoms with van der Waals surface area (Å²) in [7, 11) is -3.61. The molecule has 0 spiro atoms. The van der Waals surface area contributed by atoms with E-state index in [0.717, 1.165) is 11.3 Å². The molecule has 3 heterocycles. The minimum absolute atomic E-state index is 0.180. The molecule has 2 aliphatic heterocycles. The van der Waals surface area contributed by atoms with Crippen molar-refractivity contribution in [3.63, 3.8) is 0 Å². The third-order valence-electron chi connectivity index (χ3n) is 5.97. The SMILES string of the molecule is C=CCN1C(=O)/C(=C\c2cn(-c3ccccc3)nc2-c2ccc(S(=O)(=O)N3CCOCC3)cc2)SC1=S. The van der Waals surface area contributed by atoms with Gasteiger partial charge in [-0.15, -0.1) is 6.58 Å². The highest BCUT2D eigenvalue weighted by Crippen LogP contribution is 2.35. The summed E-state index contributed by atoms with van der Waals surface area (Å²) >= 11 is 6.61. The van der Waals surface area contributed by atoms with E-state index in [0.29, 0.717) is 53.3 Å². The average molecular weight is 553 g/mol. The number of benzene rings is 2. The molecule has 1 aromatic heterocycles. The molecule has 37 heavy (non-hydrogen) atoms. The van der Waals surface area contributed by atoms with Gasteiger partial charge in [-0.25, -0.2) is 13.1 Å². The van der Waals surface area contributed by atoms with E-state index >= 15 is 0 Å². The summed E-state index contributed by atoms with van der Waals surface area (Å²) in [5, 5.41) is 4.79. The van der Waals surface area contributed by atoms with Gasteiger partial charge in [0.1, 0.15) is 4.32 Å². The van der Waals surface area contributed by atoms with Gasteiger partial charge < -0.3 is 4.74 Å². The zero-order chi connectivity index (χ0) is 26.0. The molecule has 5 rings (SSSR count). The first-order chi connectivity index (χ1) is 17.9. The second kappa shape index (κ2) is 10.7. The molecule has 8 nitrogen and oxygen atoms in total. The van der Waals surface area contributed by atoms with Crippen LogP contribution in [-0.4, -0.2) is 70.5 Å². The lowest BCUT2D eigenvalue weighted by Gasteiger charge is -2.26. The quantitative estimate of drug-likeness (QED) is 0.249. The molecule has 2 fully saturated rings. The lowest BCUT2D eigenvalue weighted by Crippen LogP contribution is -2.40. The number of thioether (sulfide) groups is 1. The van der Waals surface area contributed by atoms with Crippen LogP contribution in [0.3, 0.4) is 0 Å². The monoisotopic (exact) mass is 552 g/mol. The van der Waals surface area contributed by atoms with Crippen molar-refractivity contribution >= 4 is 50.3 Å². The van der Waals surface area contributed by atoms with E-state index in [1.807, 2.05) is 36.5 Å². The molecular weight excluding hydrogens is 529 g/mol. The Morgan fingerprint density at radius 3 is 2.46 bits per heavy atom. The number of nitrogens with zero attached hydrogens (tertiary/aromatic N) is 4. The number of aromatic nitrogens is 2. The van der Waals surface area contributed by atoms with Crippen LogP contribution in [0, 0.1) is 0 Å². The maximum atomic E-state index is 13.0. The molecule has 0 N–H and O–H groups in total. The largest absolute Gasteiger partial charge is 0.379 e. The van der Waals surface area contributed by atoms with Crippen molar-refractivity contribution in [3.8, 4) is 16.9 Å². The number of amides is 1. The van der Waals surface area contributed by atoms with E-state index in [1.54, 1.807) is 41.1 Å². The van der Waals surface area contributed by atoms with Gasteiger partial charge in [0.25, 0.3) is 5.91 Å². The van der Waals surface area contributed by atoms with Gasteiger partial charge in [0, 0.05) is 37.0 Å². The molecular formula is C26H24N4O4S3. The van der Waals surface area contributed by atoms with Crippen molar-refractivity contribution < 1.29 is 17.9 Å². The number of sulfonamides is 1. The van der Waals surface area contributed by atoms with E-state index in [2.05, 4.69) is 6.58 Å². The number of rotatable bonds is 7. The zero-order valence-corrected chi connectivity index (χ0v) is 22.3. The Balaban J connectivity index is 1.53. The van der Waals surface area contributed by atoms with Crippen LogP contribution in [0.4, 0.5) is 0 Å². The molecule has 0 unspecified atom stereocenters. The zero-order valence-electron chi connectivity index (χ0n) is 19.8. The first kappa shape index (κ1) is 25.6. The van der Waals surface area contributed by atoms with Crippen molar-refractivity contribution in [2.45, 2.75) is 4.90 Å². The topological polar surface area (TPSA) is 84.7 Å². The van der Waals surface area contributed by atoms with Gasteiger partial charge in [-0.2, -0.15) is 9.40 Å². The molecule has 0 radical (unpaired) electrons. The normalized spacial score (nSPS) is 18.1. The van der Waals surface area contributed by atoms with E-state index in [4.69, 9.17) is 22.1 Å². The highest BCUT2D eigenvalue weighted by Gasteiger charge is 2.32. The van der Waals surface area contributed by atoms with Gasteiger partial charge in [0.15, 0.2) is 0 Å². The minimum Gasteiger partial charge on any atom is -0.379 e. The summed E-state index contributed by atoms with van der Waals surface area (Å²) < 4.78 is 35.0. The maximum absolute atomic E-state index is 13.0. The van der Waals surface area contributed by atoms with E-state index in [1.165, 1.54) is 21.0 Å². The number of carbonyl (C=O) groups excluding carboxylic acids is 1. The molecule has 0 atom stereocenters. The number of carbonyl (C=O) groups is 1. The molecule has 0 saturated carbocycles. The lowest BCUT2D eigenvalue weighted by molar-refractivity contribution is -0.121. The molecule has 2 aromatic carbocycles. The van der Waals surface area contributed by atoms with Gasteiger partial charge in [-0.3, -0.25) is 9.69 Å². The van der Waals surface area contributed by atoms with Crippen molar-refractivity contribution in [1.29, 1.82) is 0 Å². The number of hydrogen-bond acceptors (Lipinski definition) is 7. The van der Waals surface area contributed by atoms with Crippen molar-refractivity contribution in [2.75, 3.05) is 32.8 Å². The fraction of sp³-hybridized carbons (Fsp3) is 0.192. The van der Waals surface area contributed by atoms with Gasteiger partial charge in [0.2, 0.25) is 10.0 Å². The number of para-hydroxylation sites is 1. The Labute approximate surface area is 225 Å². The summed E-state index contributed by atoms with van der Waals surface area (Å²) in [6.45, 7) is 5.48. The second-order valence-corrected chi connectivity index (χ2v) is 11.9. The predicted octanol–water partition coefficient (Wildman–Crippen LogP) is 3.95. The summed E-state index contributed by atoms with van der Waals surface area (Å²) in [4.78, 5) is 15.1. The molecule has 0 bridgehead atoms. The van der Waals surface area contributed by atoms with Crippen molar-refractivity contribution in [3.05, 3.63) is 83.9 Å². The Morgan fingerprint density at radius 1 is 1.08 bits per heavy atom. The predicted molar refractivity (Wildman–Crippen MR) is 149 cm³/mol. The van der Waals surface area contributed by atoms with Crippen LogP contribution in [0.15, 0.2) is 83.2 Å². The van der Waals surface area contributed by atoms with E-state index in [9.17, 15) is 13.2 Å². The van der Waals surface area contributed by atoms with Crippen molar-refractivity contribution in [1.82, 2.24) is 19.0 Å². The molecule has 2 saturated heterocycles. The van der Waals surface area contributed by atoms with Gasteiger partial charge in [-0.1, -0.05) is 60.4 Å². The smallest absolute Gasteiger partial charge is 0.266 e. The Hall–Kier alpha value is -3.09. The number of ether oxygens (including phenoxy) is 1. The van der Waals surface area contributed by atoms with Crippen LogP contribution in [0.5, 0.6) is 0 Å². The van der Waals surface area contributed by atoms with Gasteiger partial charge in [0.05, 0.1) is 34.4 Å². The lowest BCUT2D eigenvalue weighted by atomic mass is 10.1. The van der Waals surface area contributed by atoms with Crippen LogP contribution in [-0.2, 0) is 19.6 Å². The highest BCUT2D eigenvalue weighted by molar-refractivity contribution is 8.26. The highest BCUT2D eigenvalue weighted by atomic mass is 32.2. The molecule has 190 valence electrons.